The van der Waals surface area contributed by atoms with Gasteiger partial charge in [-0.3, -0.25) is 4.31 Å². The van der Waals surface area contributed by atoms with Crippen LogP contribution in [0, 0.1) is 6.92 Å². The molecule has 1 aromatic heterocycles. The van der Waals surface area contributed by atoms with Crippen LogP contribution in [0.2, 0.25) is 5.02 Å². The van der Waals surface area contributed by atoms with Gasteiger partial charge in [0.2, 0.25) is 5.95 Å². The van der Waals surface area contributed by atoms with Crippen LogP contribution in [-0.4, -0.2) is 35.5 Å². The summed E-state index contributed by atoms with van der Waals surface area (Å²) in [5.74, 6) is 1.74. The largest absolute Gasteiger partial charge is 0.497 e. The van der Waals surface area contributed by atoms with Gasteiger partial charge < -0.3 is 15.4 Å². The topological polar surface area (TPSA) is 62.3 Å². The second-order valence-corrected chi connectivity index (χ2v) is 8.04. The Balaban J connectivity index is 1.82. The molecule has 3 aromatic rings. The minimum Gasteiger partial charge on any atom is -0.497 e. The fourth-order valence-electron chi connectivity index (χ4n) is 2.48. The summed E-state index contributed by atoms with van der Waals surface area (Å²) in [6, 6.07) is 13.8. The Morgan fingerprint density at radius 1 is 1.11 bits per heavy atom. The number of nitrogens with zero attached hydrogens (tertiary/aromatic N) is 3. The number of halogens is 1. The van der Waals surface area contributed by atoms with Crippen LogP contribution in [0.4, 0.5) is 23.1 Å². The highest BCUT2D eigenvalue weighted by Gasteiger charge is 2.09. The molecule has 0 saturated heterocycles. The maximum Gasteiger partial charge on any atom is 0.229 e. The molecule has 0 amide bonds. The summed E-state index contributed by atoms with van der Waals surface area (Å²) in [5.41, 5.74) is 2.83. The average Bonchev–Trinajstić information content (AvgIpc) is 2.66. The molecule has 6 nitrogen and oxygen atoms in total. The first-order valence-corrected chi connectivity index (χ1v) is 9.76. The predicted molar refractivity (Wildman–Crippen MR) is 117 cm³/mol. The zero-order valence-electron chi connectivity index (χ0n) is 16.2. The number of nitrogens with one attached hydrogen (secondary N) is 2. The zero-order chi connectivity index (χ0) is 20.1. The maximum atomic E-state index is 6.30. The van der Waals surface area contributed by atoms with Gasteiger partial charge in [-0.25, -0.2) is 4.98 Å². The molecular weight excluding hydrogens is 394 g/mol. The highest BCUT2D eigenvalue weighted by atomic mass is 35.5. The van der Waals surface area contributed by atoms with E-state index in [0.29, 0.717) is 16.8 Å². The van der Waals surface area contributed by atoms with E-state index in [4.69, 9.17) is 16.3 Å². The minimum atomic E-state index is 0.443. The highest BCUT2D eigenvalue weighted by Crippen LogP contribution is 2.29. The van der Waals surface area contributed by atoms with Crippen LogP contribution in [0.1, 0.15) is 5.56 Å². The monoisotopic (exact) mass is 415 g/mol. The van der Waals surface area contributed by atoms with Crippen LogP contribution in [0.5, 0.6) is 5.75 Å². The van der Waals surface area contributed by atoms with Gasteiger partial charge in [0.25, 0.3) is 0 Å². The molecule has 1 heterocycles. The summed E-state index contributed by atoms with van der Waals surface area (Å²) in [7, 11) is 5.65. The smallest absolute Gasteiger partial charge is 0.229 e. The Bertz CT molecular complexity index is 967. The van der Waals surface area contributed by atoms with Crippen LogP contribution in [0.25, 0.3) is 0 Å². The van der Waals surface area contributed by atoms with Crippen molar-refractivity contribution in [2.24, 2.45) is 0 Å². The lowest BCUT2D eigenvalue weighted by Crippen LogP contribution is -2.03. The summed E-state index contributed by atoms with van der Waals surface area (Å²) in [6.45, 7) is 2.00. The van der Waals surface area contributed by atoms with Gasteiger partial charge >= 0.3 is 0 Å². The third kappa shape index (κ3) is 5.28. The SMILES string of the molecule is COc1ccc(C)c(Nc2ncc(Cl)c(Nc3cccc(SN(C)C)c3)n2)c1. The molecule has 146 valence electrons. The van der Waals surface area contributed by atoms with E-state index in [-0.39, 0.29) is 0 Å². The number of aryl methyl sites for hydroxylation is 1. The molecule has 2 N–H and O–H groups in total. The number of aromatic nitrogens is 2. The first-order valence-electron chi connectivity index (χ1n) is 8.61. The standard InChI is InChI=1S/C20H22ClN5OS/c1-13-8-9-15(27-4)11-18(13)24-20-22-12-17(21)19(25-20)23-14-6-5-7-16(10-14)28-26(2)3/h5-12H,1-4H3,(H2,22,23,24,25). The number of benzene rings is 2. The van der Waals surface area contributed by atoms with Gasteiger partial charge in [-0.05, 0) is 62.8 Å². The molecule has 8 heteroatoms. The Labute approximate surface area is 174 Å². The molecule has 0 atom stereocenters. The molecule has 0 fully saturated rings. The van der Waals surface area contributed by atoms with E-state index in [1.54, 1.807) is 25.3 Å². The van der Waals surface area contributed by atoms with E-state index >= 15 is 0 Å². The van der Waals surface area contributed by atoms with Crippen LogP contribution >= 0.6 is 23.5 Å². The number of hydrogen-bond donors (Lipinski definition) is 2. The Morgan fingerprint density at radius 2 is 1.93 bits per heavy atom. The van der Waals surface area contributed by atoms with Crippen molar-refractivity contribution in [1.82, 2.24) is 14.3 Å². The number of anilines is 4. The number of ether oxygens (including phenoxy) is 1. The predicted octanol–water partition coefficient (Wildman–Crippen LogP) is 5.50. The molecule has 0 aliphatic carbocycles. The van der Waals surface area contributed by atoms with Gasteiger partial charge in [-0.15, -0.1) is 0 Å². The zero-order valence-corrected chi connectivity index (χ0v) is 17.7. The molecular formula is C20H22ClN5OS. The lowest BCUT2D eigenvalue weighted by atomic mass is 10.2. The maximum absolute atomic E-state index is 6.30. The van der Waals surface area contributed by atoms with Crippen LogP contribution < -0.4 is 15.4 Å². The Kier molecular flexibility index (Phi) is 6.61. The Hall–Kier alpha value is -2.48. The van der Waals surface area contributed by atoms with E-state index in [2.05, 4.69) is 26.7 Å². The number of methoxy groups -OCH3 is 1. The molecule has 0 radical (unpaired) electrons. The summed E-state index contributed by atoms with van der Waals surface area (Å²) < 4.78 is 7.33. The second-order valence-electron chi connectivity index (χ2n) is 6.25. The summed E-state index contributed by atoms with van der Waals surface area (Å²) in [4.78, 5) is 9.93. The van der Waals surface area contributed by atoms with Gasteiger partial charge in [0, 0.05) is 22.3 Å². The van der Waals surface area contributed by atoms with Crippen molar-refractivity contribution < 1.29 is 4.74 Å². The fraction of sp³-hybridized carbons (Fsp3) is 0.200. The van der Waals surface area contributed by atoms with Crippen molar-refractivity contribution in [3.8, 4) is 5.75 Å². The molecule has 2 aromatic carbocycles. The van der Waals surface area contributed by atoms with E-state index in [1.807, 2.05) is 61.7 Å². The van der Waals surface area contributed by atoms with E-state index in [9.17, 15) is 0 Å². The molecule has 0 saturated carbocycles. The van der Waals surface area contributed by atoms with Crippen LogP contribution in [0.15, 0.2) is 53.6 Å². The third-order valence-corrected chi connectivity index (χ3v) is 4.93. The van der Waals surface area contributed by atoms with Crippen LogP contribution in [-0.2, 0) is 0 Å². The van der Waals surface area contributed by atoms with Crippen molar-refractivity contribution >= 4 is 46.7 Å². The van der Waals surface area contributed by atoms with Crippen LogP contribution in [0.3, 0.4) is 0 Å². The molecule has 0 aliphatic rings. The summed E-state index contributed by atoms with van der Waals surface area (Å²) in [6.07, 6.45) is 1.58. The molecule has 28 heavy (non-hydrogen) atoms. The van der Waals surface area contributed by atoms with E-state index in [1.165, 1.54) is 0 Å². The molecule has 3 rings (SSSR count). The van der Waals surface area contributed by atoms with Crippen molar-refractivity contribution in [3.05, 3.63) is 59.2 Å². The highest BCUT2D eigenvalue weighted by molar-refractivity contribution is 7.97. The van der Waals surface area contributed by atoms with Gasteiger partial charge in [-0.1, -0.05) is 23.7 Å². The minimum absolute atomic E-state index is 0.443. The number of rotatable bonds is 7. The van der Waals surface area contributed by atoms with Gasteiger partial charge in [0.15, 0.2) is 5.82 Å². The van der Waals surface area contributed by atoms with Gasteiger partial charge in [-0.2, -0.15) is 4.98 Å². The first kappa shape index (κ1) is 20.3. The average molecular weight is 416 g/mol. The number of hydrogen-bond acceptors (Lipinski definition) is 7. The molecule has 0 bridgehead atoms. The first-order chi connectivity index (χ1) is 13.4. The fourth-order valence-corrected chi connectivity index (χ4v) is 3.36. The molecule has 0 spiro atoms. The van der Waals surface area contributed by atoms with E-state index < -0.39 is 0 Å². The van der Waals surface area contributed by atoms with Gasteiger partial charge in [0.1, 0.15) is 10.8 Å². The normalized spacial score (nSPS) is 10.8. The summed E-state index contributed by atoms with van der Waals surface area (Å²) in [5, 5.41) is 6.94. The Morgan fingerprint density at radius 3 is 2.68 bits per heavy atom. The van der Waals surface area contributed by atoms with Crippen molar-refractivity contribution in [2.45, 2.75) is 11.8 Å². The lowest BCUT2D eigenvalue weighted by molar-refractivity contribution is 0.415. The van der Waals surface area contributed by atoms with Gasteiger partial charge in [0.05, 0.1) is 13.3 Å². The second kappa shape index (κ2) is 9.14. The van der Waals surface area contributed by atoms with E-state index in [0.717, 1.165) is 27.6 Å². The van der Waals surface area contributed by atoms with Crippen molar-refractivity contribution in [1.29, 1.82) is 0 Å². The lowest BCUT2D eigenvalue weighted by Gasteiger charge is -2.13. The molecule has 0 unspecified atom stereocenters. The van der Waals surface area contributed by atoms with Crippen molar-refractivity contribution in [2.75, 3.05) is 31.8 Å². The molecule has 0 aliphatic heterocycles. The quantitative estimate of drug-likeness (QED) is 0.493. The van der Waals surface area contributed by atoms with Crippen molar-refractivity contribution in [3.63, 3.8) is 0 Å². The summed E-state index contributed by atoms with van der Waals surface area (Å²) >= 11 is 7.94. The third-order valence-electron chi connectivity index (χ3n) is 3.82.